The van der Waals surface area contributed by atoms with E-state index < -0.39 is 5.82 Å². The number of hydrogen-bond donors (Lipinski definition) is 1. The van der Waals surface area contributed by atoms with Gasteiger partial charge in [-0.25, -0.2) is 14.4 Å². The van der Waals surface area contributed by atoms with E-state index >= 15 is 0 Å². The summed E-state index contributed by atoms with van der Waals surface area (Å²) >= 11 is 0. The molecule has 8 nitrogen and oxygen atoms in total. The first-order valence-electron chi connectivity index (χ1n) is 8.74. The number of nitrogens with zero attached hydrogens (tertiary/aromatic N) is 3. The van der Waals surface area contributed by atoms with E-state index in [1.807, 2.05) is 4.90 Å². The van der Waals surface area contributed by atoms with Gasteiger partial charge in [-0.2, -0.15) is 0 Å². The van der Waals surface area contributed by atoms with Crippen LogP contribution in [0.25, 0.3) is 0 Å². The van der Waals surface area contributed by atoms with Crippen LogP contribution in [0.15, 0.2) is 30.6 Å². The van der Waals surface area contributed by atoms with Gasteiger partial charge in [0.15, 0.2) is 17.3 Å². The topological polar surface area (TPSA) is 85.8 Å². The molecule has 9 heteroatoms. The second kappa shape index (κ2) is 6.34. The summed E-state index contributed by atoms with van der Waals surface area (Å²) < 4.78 is 29.6. The maximum Gasteiger partial charge on any atom is 0.231 e. The first-order chi connectivity index (χ1) is 13.2. The molecule has 0 unspecified atom stereocenters. The lowest BCUT2D eigenvalue weighted by molar-refractivity contribution is -0.121. The van der Waals surface area contributed by atoms with Crippen molar-refractivity contribution < 1.29 is 23.4 Å². The molecule has 3 atom stereocenters. The van der Waals surface area contributed by atoms with E-state index in [1.54, 1.807) is 18.2 Å². The third kappa shape index (κ3) is 3.03. The predicted octanol–water partition coefficient (Wildman–Crippen LogP) is 1.58. The summed E-state index contributed by atoms with van der Waals surface area (Å²) in [5, 5.41) is 2.93. The van der Waals surface area contributed by atoms with Crippen LogP contribution in [0.5, 0.6) is 11.5 Å². The highest BCUT2D eigenvalue weighted by Gasteiger charge is 2.45. The van der Waals surface area contributed by atoms with Gasteiger partial charge in [0, 0.05) is 24.8 Å². The minimum atomic E-state index is -0.476. The van der Waals surface area contributed by atoms with Gasteiger partial charge in [0.05, 0.1) is 30.5 Å². The van der Waals surface area contributed by atoms with Crippen molar-refractivity contribution in [1.82, 2.24) is 9.97 Å². The number of morpholine rings is 1. The molecule has 4 heterocycles. The number of amides is 1. The minimum absolute atomic E-state index is 0.0788. The highest BCUT2D eigenvalue weighted by molar-refractivity contribution is 5.93. The average molecular weight is 372 g/mol. The summed E-state index contributed by atoms with van der Waals surface area (Å²) in [6, 6.07) is 5.31. The molecule has 0 spiro atoms. The molecule has 1 aromatic heterocycles. The van der Waals surface area contributed by atoms with Gasteiger partial charge in [0.25, 0.3) is 0 Å². The van der Waals surface area contributed by atoms with Gasteiger partial charge in [0.2, 0.25) is 18.6 Å². The van der Waals surface area contributed by atoms with Gasteiger partial charge in [0.1, 0.15) is 0 Å². The van der Waals surface area contributed by atoms with E-state index in [4.69, 9.17) is 14.2 Å². The van der Waals surface area contributed by atoms with Gasteiger partial charge in [-0.3, -0.25) is 4.79 Å². The first-order valence-corrected chi connectivity index (χ1v) is 8.74. The summed E-state index contributed by atoms with van der Waals surface area (Å²) in [5.74, 6) is 0.897. The van der Waals surface area contributed by atoms with Crippen LogP contribution in [0.4, 0.5) is 16.0 Å². The Labute approximate surface area is 154 Å². The second-order valence-electron chi connectivity index (χ2n) is 6.80. The Balaban J connectivity index is 1.27. The number of anilines is 2. The Morgan fingerprint density at radius 2 is 2.00 bits per heavy atom. The molecule has 1 aromatic carbocycles. The van der Waals surface area contributed by atoms with Crippen molar-refractivity contribution >= 4 is 17.5 Å². The Morgan fingerprint density at radius 1 is 1.19 bits per heavy atom. The van der Waals surface area contributed by atoms with Crippen molar-refractivity contribution in [2.24, 2.45) is 5.92 Å². The van der Waals surface area contributed by atoms with Gasteiger partial charge < -0.3 is 24.4 Å². The fraction of sp³-hybridized carbons (Fsp3) is 0.389. The Kier molecular flexibility index (Phi) is 3.82. The summed E-state index contributed by atoms with van der Waals surface area (Å²) in [6.07, 6.45) is 2.57. The van der Waals surface area contributed by atoms with Crippen LogP contribution in [0.2, 0.25) is 0 Å². The largest absolute Gasteiger partial charge is 0.454 e. The molecule has 3 aliphatic heterocycles. The molecule has 2 fully saturated rings. The molecule has 140 valence electrons. The Hall–Kier alpha value is -2.94. The lowest BCUT2D eigenvalue weighted by Crippen LogP contribution is -2.45. The number of rotatable bonds is 3. The molecule has 1 N–H and O–H groups in total. The van der Waals surface area contributed by atoms with Gasteiger partial charge in [-0.15, -0.1) is 0 Å². The van der Waals surface area contributed by atoms with Crippen LogP contribution in [-0.2, 0) is 9.53 Å². The summed E-state index contributed by atoms with van der Waals surface area (Å²) in [7, 11) is 0. The standard InChI is InChI=1S/C18H17FN4O4/c19-10-5-20-18(21-6-10)23-7-12-4-13(16(8-23)27-12)17(24)22-11-1-2-14-15(3-11)26-9-25-14/h1-3,5-6,12-13,16H,4,7-9H2,(H,22,24)/t12-,13+,16-/m0/s1. The van der Waals surface area contributed by atoms with E-state index in [9.17, 15) is 9.18 Å². The number of benzene rings is 1. The van der Waals surface area contributed by atoms with E-state index in [0.29, 0.717) is 42.6 Å². The minimum Gasteiger partial charge on any atom is -0.454 e. The van der Waals surface area contributed by atoms with Crippen molar-refractivity contribution in [1.29, 1.82) is 0 Å². The Morgan fingerprint density at radius 3 is 2.85 bits per heavy atom. The fourth-order valence-electron chi connectivity index (χ4n) is 3.78. The van der Waals surface area contributed by atoms with Crippen LogP contribution < -0.4 is 19.7 Å². The molecule has 2 aromatic rings. The number of aromatic nitrogens is 2. The normalized spacial score (nSPS) is 25.5. The predicted molar refractivity (Wildman–Crippen MR) is 92.2 cm³/mol. The molecule has 27 heavy (non-hydrogen) atoms. The second-order valence-corrected chi connectivity index (χ2v) is 6.80. The zero-order valence-electron chi connectivity index (χ0n) is 14.3. The smallest absolute Gasteiger partial charge is 0.231 e. The third-order valence-corrected chi connectivity index (χ3v) is 5.02. The van der Waals surface area contributed by atoms with E-state index in [1.165, 1.54) is 0 Å². The molecular formula is C18H17FN4O4. The lowest BCUT2D eigenvalue weighted by atomic mass is 9.99. The van der Waals surface area contributed by atoms with Crippen LogP contribution in [-0.4, -0.2) is 48.0 Å². The molecule has 2 saturated heterocycles. The third-order valence-electron chi connectivity index (χ3n) is 5.02. The summed E-state index contributed by atoms with van der Waals surface area (Å²) in [6.45, 7) is 1.26. The number of ether oxygens (including phenoxy) is 3. The van der Waals surface area contributed by atoms with Crippen LogP contribution in [0, 0.1) is 11.7 Å². The summed E-state index contributed by atoms with van der Waals surface area (Å²) in [4.78, 5) is 22.8. The van der Waals surface area contributed by atoms with Crippen LogP contribution in [0.1, 0.15) is 6.42 Å². The quantitative estimate of drug-likeness (QED) is 0.875. The number of nitrogens with one attached hydrogen (secondary N) is 1. The van der Waals surface area contributed by atoms with Crippen molar-refractivity contribution in [3.05, 3.63) is 36.4 Å². The molecule has 0 aliphatic carbocycles. The average Bonchev–Trinajstić information content (AvgIpc) is 3.25. The van der Waals surface area contributed by atoms with E-state index in [2.05, 4.69) is 15.3 Å². The van der Waals surface area contributed by atoms with Crippen molar-refractivity contribution in [2.45, 2.75) is 18.6 Å². The maximum atomic E-state index is 13.0. The van der Waals surface area contributed by atoms with Crippen LogP contribution >= 0.6 is 0 Å². The van der Waals surface area contributed by atoms with Crippen LogP contribution in [0.3, 0.4) is 0 Å². The molecule has 2 bridgehead atoms. The van der Waals surface area contributed by atoms with E-state index in [0.717, 1.165) is 12.4 Å². The number of fused-ring (bicyclic) bond motifs is 3. The lowest BCUT2D eigenvalue weighted by Gasteiger charge is -2.32. The molecule has 0 saturated carbocycles. The molecule has 1 amide bonds. The first kappa shape index (κ1) is 16.2. The number of carbonyl (C=O) groups is 1. The monoisotopic (exact) mass is 372 g/mol. The molecule has 5 rings (SSSR count). The number of hydrogen-bond acceptors (Lipinski definition) is 7. The zero-order valence-corrected chi connectivity index (χ0v) is 14.3. The van der Waals surface area contributed by atoms with E-state index in [-0.39, 0.29) is 30.8 Å². The zero-order chi connectivity index (χ0) is 18.4. The number of halogens is 1. The van der Waals surface area contributed by atoms with Crippen molar-refractivity contribution in [3.63, 3.8) is 0 Å². The fourth-order valence-corrected chi connectivity index (χ4v) is 3.78. The summed E-state index contributed by atoms with van der Waals surface area (Å²) in [5.41, 5.74) is 0.657. The SMILES string of the molecule is O=C(Nc1ccc2c(c1)OCO2)[C@@H]1C[C@H]2CN(c3ncc(F)cn3)C[C@@H]1O2. The highest BCUT2D eigenvalue weighted by atomic mass is 19.1. The molecular weight excluding hydrogens is 355 g/mol. The van der Waals surface area contributed by atoms with Gasteiger partial charge in [-0.1, -0.05) is 0 Å². The maximum absolute atomic E-state index is 13.0. The Bertz CT molecular complexity index is 878. The van der Waals surface area contributed by atoms with Crippen molar-refractivity contribution in [3.8, 4) is 11.5 Å². The van der Waals surface area contributed by atoms with Crippen molar-refractivity contribution in [2.75, 3.05) is 30.1 Å². The van der Waals surface area contributed by atoms with Gasteiger partial charge >= 0.3 is 0 Å². The molecule has 3 aliphatic rings. The number of carbonyl (C=O) groups excluding carboxylic acids is 1. The van der Waals surface area contributed by atoms with Gasteiger partial charge in [-0.05, 0) is 18.6 Å². The molecule has 0 radical (unpaired) electrons. The highest BCUT2D eigenvalue weighted by Crippen LogP contribution is 2.36.